The molecule has 1 aliphatic rings. The van der Waals surface area contributed by atoms with Gasteiger partial charge in [0.25, 0.3) is 0 Å². The first kappa shape index (κ1) is 19.6. The average molecular weight is 453 g/mol. The molecular weight excluding hydrogens is 432 g/mol. The van der Waals surface area contributed by atoms with Gasteiger partial charge in [-0.15, -0.1) is 0 Å². The largest absolute Gasteiger partial charge is 0.379 e. The highest BCUT2D eigenvalue weighted by molar-refractivity contribution is 9.10. The van der Waals surface area contributed by atoms with Gasteiger partial charge >= 0.3 is 0 Å². The number of aromatic nitrogens is 2. The van der Waals surface area contributed by atoms with Crippen molar-refractivity contribution in [1.29, 1.82) is 5.26 Å². The van der Waals surface area contributed by atoms with Crippen LogP contribution in [0.5, 0.6) is 0 Å². The van der Waals surface area contributed by atoms with E-state index in [1.54, 1.807) is 6.20 Å². The van der Waals surface area contributed by atoms with Crippen LogP contribution in [0.25, 0.3) is 10.9 Å². The van der Waals surface area contributed by atoms with Crippen LogP contribution < -0.4 is 10.6 Å². The van der Waals surface area contributed by atoms with Crippen molar-refractivity contribution < 1.29 is 4.74 Å². The summed E-state index contributed by atoms with van der Waals surface area (Å²) in [5.74, 6) is 1.30. The number of fused-ring (bicyclic) bond motifs is 1. The van der Waals surface area contributed by atoms with Crippen molar-refractivity contribution in [2.45, 2.75) is 0 Å². The van der Waals surface area contributed by atoms with Crippen LogP contribution in [0.4, 0.5) is 17.3 Å². The molecule has 0 saturated carbocycles. The minimum absolute atomic E-state index is 0.489. The first-order valence-corrected chi connectivity index (χ1v) is 10.3. The summed E-state index contributed by atoms with van der Waals surface area (Å²) in [4.78, 5) is 11.4. The average Bonchev–Trinajstić information content (AvgIpc) is 2.74. The monoisotopic (exact) mass is 452 g/mol. The second kappa shape index (κ2) is 9.18. The summed E-state index contributed by atoms with van der Waals surface area (Å²) in [6.07, 6.45) is 1.74. The fourth-order valence-electron chi connectivity index (χ4n) is 3.22. The van der Waals surface area contributed by atoms with Crippen molar-refractivity contribution in [3.63, 3.8) is 0 Å². The van der Waals surface area contributed by atoms with Crippen LogP contribution in [-0.2, 0) is 4.74 Å². The maximum Gasteiger partial charge on any atom is 0.149 e. The number of ether oxygens (including phenoxy) is 1. The molecule has 1 aliphatic heterocycles. The number of pyridine rings is 2. The van der Waals surface area contributed by atoms with E-state index < -0.39 is 0 Å². The smallest absolute Gasteiger partial charge is 0.149 e. The van der Waals surface area contributed by atoms with Gasteiger partial charge in [0.05, 0.1) is 30.5 Å². The zero-order valence-electron chi connectivity index (χ0n) is 15.9. The number of benzene rings is 1. The Balaban J connectivity index is 1.49. The summed E-state index contributed by atoms with van der Waals surface area (Å²) in [5.41, 5.74) is 2.08. The van der Waals surface area contributed by atoms with Gasteiger partial charge in [0, 0.05) is 41.7 Å². The Labute approximate surface area is 177 Å². The molecule has 2 N–H and O–H groups in total. The Morgan fingerprint density at radius 3 is 2.86 bits per heavy atom. The standard InChI is InChI=1S/C21H21BrN6O/c22-17-2-1-3-18(12-17)26-21-16(13-23)10-15-11-20(25-14-19(15)27-21)24-4-5-28-6-8-29-9-7-28/h1-3,10-12,14H,4-9H2,(H,24,25)(H,26,27). The molecule has 8 heteroatoms. The molecule has 7 nitrogen and oxygen atoms in total. The van der Waals surface area contributed by atoms with E-state index in [-0.39, 0.29) is 0 Å². The number of nitrogens with one attached hydrogen (secondary N) is 2. The van der Waals surface area contributed by atoms with Gasteiger partial charge in [-0.2, -0.15) is 5.26 Å². The molecule has 0 aliphatic carbocycles. The van der Waals surface area contributed by atoms with Crippen LogP contribution in [-0.4, -0.2) is 54.3 Å². The molecule has 0 spiro atoms. The fraction of sp³-hybridized carbons (Fsp3) is 0.286. The van der Waals surface area contributed by atoms with Crippen LogP contribution in [0.3, 0.4) is 0 Å². The van der Waals surface area contributed by atoms with E-state index in [9.17, 15) is 5.26 Å². The Morgan fingerprint density at radius 2 is 2.07 bits per heavy atom. The zero-order chi connectivity index (χ0) is 20.1. The van der Waals surface area contributed by atoms with E-state index in [4.69, 9.17) is 4.74 Å². The molecule has 0 bridgehead atoms. The van der Waals surface area contributed by atoms with E-state index in [2.05, 4.69) is 47.5 Å². The Hall–Kier alpha value is -2.73. The van der Waals surface area contributed by atoms with Crippen LogP contribution in [0.15, 0.2) is 47.1 Å². The summed E-state index contributed by atoms with van der Waals surface area (Å²) >= 11 is 3.45. The van der Waals surface area contributed by atoms with Gasteiger partial charge in [0.2, 0.25) is 0 Å². The molecule has 3 aromatic rings. The molecular formula is C21H21BrN6O. The lowest BCUT2D eigenvalue weighted by atomic mass is 10.2. The number of halogens is 1. The Kier molecular flexibility index (Phi) is 6.20. The maximum atomic E-state index is 9.58. The van der Waals surface area contributed by atoms with E-state index in [1.165, 1.54) is 0 Å². The number of rotatable bonds is 6. The molecule has 0 atom stereocenters. The number of nitrogens with zero attached hydrogens (tertiary/aromatic N) is 4. The molecule has 4 rings (SSSR count). The number of hydrogen-bond acceptors (Lipinski definition) is 7. The van der Waals surface area contributed by atoms with E-state index in [0.29, 0.717) is 11.4 Å². The van der Waals surface area contributed by atoms with Gasteiger partial charge in [-0.1, -0.05) is 22.0 Å². The first-order chi connectivity index (χ1) is 14.2. The van der Waals surface area contributed by atoms with Gasteiger partial charge in [0.1, 0.15) is 17.7 Å². The lowest BCUT2D eigenvalue weighted by Gasteiger charge is -2.26. The fourth-order valence-corrected chi connectivity index (χ4v) is 3.62. The van der Waals surface area contributed by atoms with Gasteiger partial charge in [-0.3, -0.25) is 4.90 Å². The van der Waals surface area contributed by atoms with E-state index in [0.717, 1.165) is 66.3 Å². The molecule has 29 heavy (non-hydrogen) atoms. The highest BCUT2D eigenvalue weighted by Crippen LogP contribution is 2.25. The highest BCUT2D eigenvalue weighted by atomic mass is 79.9. The summed E-state index contributed by atoms with van der Waals surface area (Å²) < 4.78 is 6.33. The first-order valence-electron chi connectivity index (χ1n) is 9.49. The van der Waals surface area contributed by atoms with Crippen molar-refractivity contribution in [1.82, 2.24) is 14.9 Å². The predicted molar refractivity (Wildman–Crippen MR) is 117 cm³/mol. The van der Waals surface area contributed by atoms with E-state index >= 15 is 0 Å². The molecule has 0 radical (unpaired) electrons. The van der Waals surface area contributed by atoms with Gasteiger partial charge < -0.3 is 15.4 Å². The highest BCUT2D eigenvalue weighted by Gasteiger charge is 2.11. The zero-order valence-corrected chi connectivity index (χ0v) is 17.4. The summed E-state index contributed by atoms with van der Waals surface area (Å²) in [5, 5.41) is 17.0. The normalized spacial score (nSPS) is 14.5. The topological polar surface area (TPSA) is 86.1 Å². The summed E-state index contributed by atoms with van der Waals surface area (Å²) in [6.45, 7) is 5.28. The molecule has 3 heterocycles. The number of nitriles is 1. The van der Waals surface area contributed by atoms with Crippen molar-refractivity contribution in [3.8, 4) is 6.07 Å². The molecule has 2 aromatic heterocycles. The third-order valence-corrected chi connectivity index (χ3v) is 5.24. The molecule has 0 amide bonds. The summed E-state index contributed by atoms with van der Waals surface area (Å²) in [6, 6.07) is 13.8. The SMILES string of the molecule is N#Cc1cc2cc(NCCN3CCOCC3)ncc2nc1Nc1cccc(Br)c1. The molecule has 0 unspecified atom stereocenters. The number of hydrogen-bond donors (Lipinski definition) is 2. The van der Waals surface area contributed by atoms with Crippen molar-refractivity contribution in [3.05, 3.63) is 52.6 Å². The molecule has 1 fully saturated rings. The quantitative estimate of drug-likeness (QED) is 0.588. The van der Waals surface area contributed by atoms with Crippen molar-refractivity contribution in [2.24, 2.45) is 0 Å². The molecule has 148 valence electrons. The van der Waals surface area contributed by atoms with Crippen LogP contribution in [0.2, 0.25) is 0 Å². The number of morpholine rings is 1. The third-order valence-electron chi connectivity index (χ3n) is 4.75. The Bertz CT molecular complexity index is 1050. The third kappa shape index (κ3) is 5.01. The van der Waals surface area contributed by atoms with Gasteiger partial charge in [0.15, 0.2) is 0 Å². The van der Waals surface area contributed by atoms with Crippen LogP contribution >= 0.6 is 15.9 Å². The lowest BCUT2D eigenvalue weighted by molar-refractivity contribution is 0.0398. The van der Waals surface area contributed by atoms with Gasteiger partial charge in [-0.05, 0) is 30.3 Å². The number of anilines is 3. The van der Waals surface area contributed by atoms with Crippen LogP contribution in [0, 0.1) is 11.3 Å². The van der Waals surface area contributed by atoms with Crippen molar-refractivity contribution >= 4 is 44.2 Å². The second-order valence-corrected chi connectivity index (χ2v) is 7.69. The molecule has 1 saturated heterocycles. The minimum atomic E-state index is 0.489. The Morgan fingerprint density at radius 1 is 1.21 bits per heavy atom. The second-order valence-electron chi connectivity index (χ2n) is 6.77. The van der Waals surface area contributed by atoms with E-state index in [1.807, 2.05) is 36.4 Å². The lowest BCUT2D eigenvalue weighted by Crippen LogP contribution is -2.39. The predicted octanol–water partition coefficient (Wildman–Crippen LogP) is 3.75. The van der Waals surface area contributed by atoms with Gasteiger partial charge in [-0.25, -0.2) is 9.97 Å². The van der Waals surface area contributed by atoms with Crippen molar-refractivity contribution in [2.75, 3.05) is 50.0 Å². The maximum absolute atomic E-state index is 9.58. The summed E-state index contributed by atoms with van der Waals surface area (Å²) in [7, 11) is 0. The molecule has 1 aromatic carbocycles. The minimum Gasteiger partial charge on any atom is -0.379 e. The van der Waals surface area contributed by atoms with Crippen LogP contribution in [0.1, 0.15) is 5.56 Å².